The molecule has 5 nitrogen and oxygen atoms in total. The minimum atomic E-state index is 0.0646. The summed E-state index contributed by atoms with van der Waals surface area (Å²) in [6.45, 7) is 3.21. The smallest absolute Gasteiger partial charge is 0.224 e. The number of carbonyl (C=O) groups excluding carboxylic acids is 2. The van der Waals surface area contributed by atoms with Crippen LogP contribution < -0.4 is 10.1 Å². The third kappa shape index (κ3) is 4.21. The Morgan fingerprint density at radius 1 is 1.38 bits per heavy atom. The summed E-state index contributed by atoms with van der Waals surface area (Å²) in [6.07, 6.45) is 2.48. The number of anilines is 1. The monoisotopic (exact) mass is 290 g/mol. The molecule has 1 aliphatic rings. The Kier molecular flexibility index (Phi) is 5.20. The van der Waals surface area contributed by atoms with Crippen molar-refractivity contribution in [3.8, 4) is 5.75 Å². The van der Waals surface area contributed by atoms with E-state index in [-0.39, 0.29) is 11.8 Å². The van der Waals surface area contributed by atoms with E-state index in [0.717, 1.165) is 30.0 Å². The summed E-state index contributed by atoms with van der Waals surface area (Å²) < 4.78 is 5.68. The van der Waals surface area contributed by atoms with E-state index >= 15 is 0 Å². The molecule has 1 N–H and O–H groups in total. The third-order valence-electron chi connectivity index (χ3n) is 3.68. The van der Waals surface area contributed by atoms with Gasteiger partial charge in [0.2, 0.25) is 11.8 Å². The molecular formula is C16H22N2O3. The van der Waals surface area contributed by atoms with E-state index in [0.29, 0.717) is 25.9 Å². The van der Waals surface area contributed by atoms with Crippen molar-refractivity contribution in [2.24, 2.45) is 0 Å². The summed E-state index contributed by atoms with van der Waals surface area (Å²) in [6, 6.07) is 5.69. The molecule has 1 heterocycles. The first-order valence-electron chi connectivity index (χ1n) is 7.39. The van der Waals surface area contributed by atoms with E-state index in [1.54, 1.807) is 11.9 Å². The van der Waals surface area contributed by atoms with Gasteiger partial charge in [-0.15, -0.1) is 0 Å². The van der Waals surface area contributed by atoms with Crippen LogP contribution in [0.2, 0.25) is 0 Å². The summed E-state index contributed by atoms with van der Waals surface area (Å²) >= 11 is 0. The average Bonchev–Trinajstić information content (AvgIpc) is 2.50. The molecular weight excluding hydrogens is 268 g/mol. The fraction of sp³-hybridized carbons (Fsp3) is 0.500. The van der Waals surface area contributed by atoms with Crippen molar-refractivity contribution in [2.45, 2.75) is 32.6 Å². The van der Waals surface area contributed by atoms with Gasteiger partial charge in [-0.2, -0.15) is 0 Å². The lowest BCUT2D eigenvalue weighted by Crippen LogP contribution is -2.26. The zero-order chi connectivity index (χ0) is 15.2. The number of carbonyl (C=O) groups is 2. The molecule has 0 saturated heterocycles. The summed E-state index contributed by atoms with van der Waals surface area (Å²) in [5.74, 6) is 1.00. The molecule has 1 aliphatic heterocycles. The topological polar surface area (TPSA) is 58.6 Å². The molecule has 0 unspecified atom stereocenters. The van der Waals surface area contributed by atoms with Crippen LogP contribution in [-0.2, 0) is 16.0 Å². The van der Waals surface area contributed by atoms with Crippen LogP contribution in [0.25, 0.3) is 0 Å². The largest absolute Gasteiger partial charge is 0.494 e. The summed E-state index contributed by atoms with van der Waals surface area (Å²) in [4.78, 5) is 24.6. The van der Waals surface area contributed by atoms with Gasteiger partial charge in [-0.3, -0.25) is 9.59 Å². The number of hydrogen-bond donors (Lipinski definition) is 1. The van der Waals surface area contributed by atoms with Crippen LogP contribution >= 0.6 is 0 Å². The van der Waals surface area contributed by atoms with E-state index in [2.05, 4.69) is 5.32 Å². The molecule has 2 amide bonds. The molecule has 2 rings (SSSR count). The fourth-order valence-electron chi connectivity index (χ4n) is 2.23. The van der Waals surface area contributed by atoms with Crippen molar-refractivity contribution < 1.29 is 14.3 Å². The third-order valence-corrected chi connectivity index (χ3v) is 3.68. The van der Waals surface area contributed by atoms with E-state index in [1.165, 1.54) is 0 Å². The number of amides is 2. The molecule has 0 saturated carbocycles. The quantitative estimate of drug-likeness (QED) is 0.817. The highest BCUT2D eigenvalue weighted by molar-refractivity contribution is 5.93. The summed E-state index contributed by atoms with van der Waals surface area (Å²) in [5.41, 5.74) is 1.98. The number of nitrogens with zero attached hydrogens (tertiary/aromatic N) is 1. The normalized spacial score (nSPS) is 13.3. The average molecular weight is 290 g/mol. The maximum Gasteiger partial charge on any atom is 0.224 e. The van der Waals surface area contributed by atoms with Crippen molar-refractivity contribution in [1.82, 2.24) is 4.90 Å². The van der Waals surface area contributed by atoms with E-state index in [4.69, 9.17) is 4.74 Å². The second-order valence-corrected chi connectivity index (χ2v) is 5.23. The first-order chi connectivity index (χ1) is 10.1. The lowest BCUT2D eigenvalue weighted by molar-refractivity contribution is -0.129. The Balaban J connectivity index is 1.79. The number of rotatable bonds is 6. The van der Waals surface area contributed by atoms with Crippen LogP contribution in [0.3, 0.4) is 0 Å². The number of hydrogen-bond acceptors (Lipinski definition) is 3. The zero-order valence-corrected chi connectivity index (χ0v) is 12.6. The molecule has 0 aromatic heterocycles. The predicted molar refractivity (Wildman–Crippen MR) is 81.4 cm³/mol. The Morgan fingerprint density at radius 3 is 2.95 bits per heavy atom. The maximum absolute atomic E-state index is 11.6. The molecule has 5 heteroatoms. The van der Waals surface area contributed by atoms with Crippen molar-refractivity contribution in [1.29, 1.82) is 0 Å². The second-order valence-electron chi connectivity index (χ2n) is 5.23. The number of aryl methyl sites for hydroxylation is 1. The molecule has 114 valence electrons. The van der Waals surface area contributed by atoms with Gasteiger partial charge in [0.15, 0.2) is 0 Å². The maximum atomic E-state index is 11.6. The zero-order valence-electron chi connectivity index (χ0n) is 12.6. The Morgan fingerprint density at radius 2 is 2.19 bits per heavy atom. The summed E-state index contributed by atoms with van der Waals surface area (Å²) in [7, 11) is 1.81. The lowest BCUT2D eigenvalue weighted by Gasteiger charge is -2.18. The van der Waals surface area contributed by atoms with Crippen molar-refractivity contribution in [2.75, 3.05) is 25.5 Å². The van der Waals surface area contributed by atoms with E-state index < -0.39 is 0 Å². The first kappa shape index (κ1) is 15.4. The minimum absolute atomic E-state index is 0.0646. The summed E-state index contributed by atoms with van der Waals surface area (Å²) in [5, 5.41) is 2.84. The van der Waals surface area contributed by atoms with Crippen LogP contribution in [0.1, 0.15) is 31.7 Å². The van der Waals surface area contributed by atoms with Gasteiger partial charge in [0.05, 0.1) is 6.61 Å². The van der Waals surface area contributed by atoms with Gasteiger partial charge in [0.1, 0.15) is 5.75 Å². The lowest BCUT2D eigenvalue weighted by atomic mass is 10.0. The van der Waals surface area contributed by atoms with Crippen LogP contribution in [-0.4, -0.2) is 36.9 Å². The molecule has 1 aromatic rings. The van der Waals surface area contributed by atoms with Crippen LogP contribution in [0.5, 0.6) is 5.75 Å². The fourth-order valence-corrected chi connectivity index (χ4v) is 2.23. The number of fused-ring (bicyclic) bond motifs is 1. The van der Waals surface area contributed by atoms with Gasteiger partial charge in [0, 0.05) is 32.1 Å². The highest BCUT2D eigenvalue weighted by Gasteiger charge is 2.15. The SMILES string of the molecule is CCN(C)C(=O)CCCOc1ccc2c(c1)CCC(=O)N2. The molecule has 1 aromatic carbocycles. The predicted octanol–water partition coefficient (Wildman–Crippen LogP) is 2.21. The van der Waals surface area contributed by atoms with Gasteiger partial charge in [-0.1, -0.05) is 0 Å². The van der Waals surface area contributed by atoms with E-state index in [1.807, 2.05) is 25.1 Å². The Labute approximate surface area is 125 Å². The molecule has 0 radical (unpaired) electrons. The number of nitrogens with one attached hydrogen (secondary N) is 1. The molecule has 0 bridgehead atoms. The minimum Gasteiger partial charge on any atom is -0.494 e. The van der Waals surface area contributed by atoms with Crippen molar-refractivity contribution in [3.05, 3.63) is 23.8 Å². The van der Waals surface area contributed by atoms with Crippen molar-refractivity contribution >= 4 is 17.5 Å². The second kappa shape index (κ2) is 7.11. The highest BCUT2D eigenvalue weighted by Crippen LogP contribution is 2.26. The van der Waals surface area contributed by atoms with Crippen LogP contribution in [0.4, 0.5) is 5.69 Å². The highest BCUT2D eigenvalue weighted by atomic mass is 16.5. The Bertz CT molecular complexity index is 528. The van der Waals surface area contributed by atoms with Gasteiger partial charge < -0.3 is 15.0 Å². The van der Waals surface area contributed by atoms with Gasteiger partial charge >= 0.3 is 0 Å². The molecule has 0 spiro atoms. The van der Waals surface area contributed by atoms with Gasteiger partial charge in [0.25, 0.3) is 0 Å². The van der Waals surface area contributed by atoms with Crippen LogP contribution in [0, 0.1) is 0 Å². The Hall–Kier alpha value is -2.04. The molecule has 21 heavy (non-hydrogen) atoms. The van der Waals surface area contributed by atoms with E-state index in [9.17, 15) is 9.59 Å². The number of ether oxygens (including phenoxy) is 1. The van der Waals surface area contributed by atoms with Gasteiger partial charge in [-0.25, -0.2) is 0 Å². The van der Waals surface area contributed by atoms with Gasteiger partial charge in [-0.05, 0) is 43.5 Å². The first-order valence-corrected chi connectivity index (χ1v) is 7.39. The standard InChI is InChI=1S/C16H22N2O3/c1-3-18(2)16(20)5-4-10-21-13-7-8-14-12(11-13)6-9-15(19)17-14/h7-8,11H,3-6,9-10H2,1-2H3,(H,17,19). The molecule has 0 aliphatic carbocycles. The van der Waals surface area contributed by atoms with Crippen LogP contribution in [0.15, 0.2) is 18.2 Å². The molecule has 0 fully saturated rings. The number of benzene rings is 1. The van der Waals surface area contributed by atoms with Crippen molar-refractivity contribution in [3.63, 3.8) is 0 Å². The molecule has 0 atom stereocenters.